The molecule has 1 aliphatic carbocycles. The van der Waals surface area contributed by atoms with E-state index in [-0.39, 0.29) is 23.6 Å². The van der Waals surface area contributed by atoms with E-state index in [2.05, 4.69) is 31.3 Å². The summed E-state index contributed by atoms with van der Waals surface area (Å²) in [5.41, 5.74) is 1.46. The van der Waals surface area contributed by atoms with Crippen LogP contribution in [0.2, 0.25) is 0 Å². The summed E-state index contributed by atoms with van der Waals surface area (Å²) >= 11 is 3.42. The molecule has 0 saturated heterocycles. The third kappa shape index (κ3) is 4.14. The molecule has 0 bridgehead atoms. The fourth-order valence-electron chi connectivity index (χ4n) is 3.45. The number of benzene rings is 2. The highest BCUT2D eigenvalue weighted by molar-refractivity contribution is 9.10. The summed E-state index contributed by atoms with van der Waals surface area (Å²) in [6.45, 7) is 0. The van der Waals surface area contributed by atoms with Crippen molar-refractivity contribution in [2.75, 3.05) is 0 Å². The molecule has 5 nitrogen and oxygen atoms in total. The molecule has 1 heterocycles. The molecule has 1 aliphatic rings. The largest absolute Gasteiger partial charge is 0.347 e. The zero-order chi connectivity index (χ0) is 19.5. The Labute approximate surface area is 171 Å². The Bertz CT molecular complexity index is 900. The normalized spacial score (nSPS) is 14.8. The highest BCUT2D eigenvalue weighted by atomic mass is 79.9. The summed E-state index contributed by atoms with van der Waals surface area (Å²) in [6.07, 6.45) is 5.46. The molecule has 1 saturated carbocycles. The van der Waals surface area contributed by atoms with Gasteiger partial charge < -0.3 is 5.32 Å². The van der Waals surface area contributed by atoms with Gasteiger partial charge in [0, 0.05) is 16.1 Å². The Morgan fingerprint density at radius 1 is 1.04 bits per heavy atom. The van der Waals surface area contributed by atoms with Crippen molar-refractivity contribution in [1.82, 2.24) is 20.1 Å². The first-order chi connectivity index (χ1) is 13.6. The molecule has 1 N–H and O–H groups in total. The average molecular weight is 443 g/mol. The lowest BCUT2D eigenvalue weighted by Crippen LogP contribution is -2.36. The predicted octanol–water partition coefficient (Wildman–Crippen LogP) is 4.90. The van der Waals surface area contributed by atoms with Crippen LogP contribution in [0.15, 0.2) is 53.0 Å². The summed E-state index contributed by atoms with van der Waals surface area (Å²) in [4.78, 5) is 17.2. The van der Waals surface area contributed by atoms with Gasteiger partial charge in [-0.25, -0.2) is 14.1 Å². The highest BCUT2D eigenvalue weighted by Gasteiger charge is 2.22. The zero-order valence-electron chi connectivity index (χ0n) is 15.2. The molecule has 1 fully saturated rings. The Morgan fingerprint density at radius 2 is 1.71 bits per heavy atom. The lowest BCUT2D eigenvalue weighted by atomic mass is 9.95. The molecular formula is C21H20BrFN4O. The van der Waals surface area contributed by atoms with Crippen LogP contribution in [0, 0.1) is 5.82 Å². The maximum Gasteiger partial charge on any atom is 0.291 e. The second kappa shape index (κ2) is 8.22. The molecule has 144 valence electrons. The first-order valence-electron chi connectivity index (χ1n) is 9.40. The number of rotatable bonds is 4. The SMILES string of the molecule is O=C(NC1CCCCC1)c1nc(-c2ccc(F)cc2)n(-c2ccc(Br)cc2)n1. The number of carbonyl (C=O) groups excluding carboxylic acids is 1. The fraction of sp³-hybridized carbons (Fsp3) is 0.286. The number of aromatic nitrogens is 3. The van der Waals surface area contributed by atoms with Gasteiger partial charge in [0.15, 0.2) is 5.82 Å². The standard InChI is InChI=1S/C21H20BrFN4O/c22-15-8-12-18(13-9-15)27-20(14-6-10-16(23)11-7-14)25-19(26-27)21(28)24-17-4-2-1-3-5-17/h6-13,17H,1-5H2,(H,24,28). The number of nitrogens with one attached hydrogen (secondary N) is 1. The number of amides is 1. The molecular weight excluding hydrogens is 423 g/mol. The molecule has 2 aromatic carbocycles. The van der Waals surface area contributed by atoms with Crippen LogP contribution in [-0.2, 0) is 0 Å². The number of carbonyl (C=O) groups is 1. The highest BCUT2D eigenvalue weighted by Crippen LogP contribution is 2.23. The first-order valence-corrected chi connectivity index (χ1v) is 10.2. The average Bonchev–Trinajstić information content (AvgIpc) is 3.15. The van der Waals surface area contributed by atoms with Crippen LogP contribution in [0.5, 0.6) is 0 Å². The molecule has 0 atom stereocenters. The zero-order valence-corrected chi connectivity index (χ0v) is 16.8. The predicted molar refractivity (Wildman–Crippen MR) is 109 cm³/mol. The van der Waals surface area contributed by atoms with Gasteiger partial charge in [-0.05, 0) is 61.4 Å². The van der Waals surface area contributed by atoms with Crippen LogP contribution < -0.4 is 5.32 Å². The first kappa shape index (κ1) is 18.8. The van der Waals surface area contributed by atoms with Gasteiger partial charge in [0.2, 0.25) is 5.82 Å². The van der Waals surface area contributed by atoms with E-state index in [4.69, 9.17) is 0 Å². The molecule has 0 aliphatic heterocycles. The number of hydrogen-bond acceptors (Lipinski definition) is 3. The Morgan fingerprint density at radius 3 is 2.39 bits per heavy atom. The topological polar surface area (TPSA) is 59.8 Å². The van der Waals surface area contributed by atoms with E-state index >= 15 is 0 Å². The van der Waals surface area contributed by atoms with Crippen molar-refractivity contribution in [3.63, 3.8) is 0 Å². The van der Waals surface area contributed by atoms with E-state index in [0.717, 1.165) is 35.8 Å². The molecule has 0 radical (unpaired) electrons. The van der Waals surface area contributed by atoms with Crippen molar-refractivity contribution in [3.05, 3.63) is 64.6 Å². The Kier molecular flexibility index (Phi) is 5.52. The van der Waals surface area contributed by atoms with Gasteiger partial charge in [0.25, 0.3) is 5.91 Å². The molecule has 1 aromatic heterocycles. The van der Waals surface area contributed by atoms with Crippen molar-refractivity contribution < 1.29 is 9.18 Å². The third-order valence-corrected chi connectivity index (χ3v) is 5.45. The molecule has 0 unspecified atom stereocenters. The lowest BCUT2D eigenvalue weighted by molar-refractivity contribution is 0.0917. The van der Waals surface area contributed by atoms with Crippen molar-refractivity contribution in [2.24, 2.45) is 0 Å². The summed E-state index contributed by atoms with van der Waals surface area (Å²) in [5, 5.41) is 7.51. The van der Waals surface area contributed by atoms with Gasteiger partial charge in [-0.2, -0.15) is 0 Å². The molecule has 0 spiro atoms. The van der Waals surface area contributed by atoms with Crippen LogP contribution in [0.4, 0.5) is 4.39 Å². The second-order valence-corrected chi connectivity index (χ2v) is 7.88. The quantitative estimate of drug-likeness (QED) is 0.624. The van der Waals surface area contributed by atoms with Gasteiger partial charge >= 0.3 is 0 Å². The van der Waals surface area contributed by atoms with E-state index in [1.54, 1.807) is 16.8 Å². The molecule has 28 heavy (non-hydrogen) atoms. The summed E-state index contributed by atoms with van der Waals surface area (Å²) < 4.78 is 15.9. The molecule has 3 aromatic rings. The number of nitrogens with zero attached hydrogens (tertiary/aromatic N) is 3. The minimum atomic E-state index is -0.325. The van der Waals surface area contributed by atoms with E-state index in [1.165, 1.54) is 18.6 Å². The Hall–Kier alpha value is -2.54. The van der Waals surface area contributed by atoms with Crippen LogP contribution in [0.3, 0.4) is 0 Å². The summed E-state index contributed by atoms with van der Waals surface area (Å²) in [6, 6.07) is 13.8. The van der Waals surface area contributed by atoms with Gasteiger partial charge in [0.05, 0.1) is 5.69 Å². The van der Waals surface area contributed by atoms with Crippen LogP contribution >= 0.6 is 15.9 Å². The van der Waals surface area contributed by atoms with Crippen LogP contribution in [0.25, 0.3) is 17.1 Å². The van der Waals surface area contributed by atoms with Crippen molar-refractivity contribution in [3.8, 4) is 17.1 Å². The molecule has 7 heteroatoms. The monoisotopic (exact) mass is 442 g/mol. The van der Waals surface area contributed by atoms with E-state index in [9.17, 15) is 9.18 Å². The van der Waals surface area contributed by atoms with Crippen molar-refractivity contribution in [1.29, 1.82) is 0 Å². The second-order valence-electron chi connectivity index (χ2n) is 6.96. The molecule has 4 rings (SSSR count). The molecule has 1 amide bonds. The van der Waals surface area contributed by atoms with Crippen molar-refractivity contribution >= 4 is 21.8 Å². The van der Waals surface area contributed by atoms with Gasteiger partial charge in [-0.3, -0.25) is 4.79 Å². The minimum absolute atomic E-state index is 0.118. The Balaban J connectivity index is 1.69. The maximum atomic E-state index is 13.4. The summed E-state index contributed by atoms with van der Waals surface area (Å²) in [5.74, 6) is 0.0174. The fourth-order valence-corrected chi connectivity index (χ4v) is 3.72. The van der Waals surface area contributed by atoms with Crippen LogP contribution in [0.1, 0.15) is 42.7 Å². The third-order valence-electron chi connectivity index (χ3n) is 4.92. The van der Waals surface area contributed by atoms with Crippen molar-refractivity contribution in [2.45, 2.75) is 38.1 Å². The van der Waals surface area contributed by atoms with E-state index in [1.807, 2.05) is 24.3 Å². The van der Waals surface area contributed by atoms with Gasteiger partial charge in [-0.15, -0.1) is 5.10 Å². The summed E-state index contributed by atoms with van der Waals surface area (Å²) in [7, 11) is 0. The lowest BCUT2D eigenvalue weighted by Gasteiger charge is -2.21. The van der Waals surface area contributed by atoms with Gasteiger partial charge in [0.1, 0.15) is 5.82 Å². The van der Waals surface area contributed by atoms with E-state index in [0.29, 0.717) is 11.4 Å². The maximum absolute atomic E-state index is 13.4. The number of hydrogen-bond donors (Lipinski definition) is 1. The van der Waals surface area contributed by atoms with Crippen LogP contribution in [-0.4, -0.2) is 26.7 Å². The van der Waals surface area contributed by atoms with E-state index < -0.39 is 0 Å². The minimum Gasteiger partial charge on any atom is -0.347 e. The number of halogens is 2. The van der Waals surface area contributed by atoms with Gasteiger partial charge in [-0.1, -0.05) is 35.2 Å². The smallest absolute Gasteiger partial charge is 0.291 e.